The molecule has 2 fully saturated rings. The summed E-state index contributed by atoms with van der Waals surface area (Å²) in [4.78, 5) is 8.31. The molecular weight excluding hydrogens is 414 g/mol. The molecule has 2 aromatic heterocycles. The average molecular weight is 432 g/mol. The zero-order chi connectivity index (χ0) is 20.9. The van der Waals surface area contributed by atoms with Gasteiger partial charge in [-0.1, -0.05) is 5.16 Å². The lowest BCUT2D eigenvalue weighted by atomic mass is 9.92. The summed E-state index contributed by atoms with van der Waals surface area (Å²) >= 11 is 0. The first-order valence-corrected chi connectivity index (χ1v) is 11.1. The molecule has 2 bridgehead atoms. The van der Waals surface area contributed by atoms with Gasteiger partial charge in [0.2, 0.25) is 21.7 Å². The molecule has 0 saturated carbocycles. The highest BCUT2D eigenvalue weighted by Crippen LogP contribution is 2.45. The monoisotopic (exact) mass is 432 g/mol. The van der Waals surface area contributed by atoms with Gasteiger partial charge in [0.25, 0.3) is 0 Å². The number of hydrogen-bond donors (Lipinski definition) is 0. The maximum atomic E-state index is 13.6. The number of rotatable bonds is 4. The number of pyridine rings is 1. The molecule has 1 aromatic carbocycles. The Labute approximate surface area is 171 Å². The van der Waals surface area contributed by atoms with E-state index in [0.29, 0.717) is 37.4 Å². The fourth-order valence-electron chi connectivity index (χ4n) is 4.50. The maximum absolute atomic E-state index is 13.6. The van der Waals surface area contributed by atoms with Crippen LogP contribution in [0.1, 0.15) is 37.5 Å². The molecule has 30 heavy (non-hydrogen) atoms. The molecule has 0 N–H and O–H groups in total. The Hall–Kier alpha value is -2.72. The van der Waals surface area contributed by atoms with Crippen LogP contribution in [-0.4, -0.2) is 39.9 Å². The summed E-state index contributed by atoms with van der Waals surface area (Å²) in [6.45, 7) is 0. The molecule has 2 saturated heterocycles. The van der Waals surface area contributed by atoms with E-state index in [9.17, 15) is 17.2 Å². The van der Waals surface area contributed by atoms with Crippen LogP contribution in [0.15, 0.2) is 52.1 Å². The lowest BCUT2D eigenvalue weighted by Crippen LogP contribution is -2.46. The summed E-state index contributed by atoms with van der Waals surface area (Å²) in [6.07, 6.45) is 5.78. The third kappa shape index (κ3) is 3.20. The normalized spacial score (nSPS) is 24.3. The van der Waals surface area contributed by atoms with Gasteiger partial charge in [0.05, 0.1) is 4.90 Å². The van der Waals surface area contributed by atoms with E-state index >= 15 is 0 Å². The third-order valence-electron chi connectivity index (χ3n) is 5.84. The van der Waals surface area contributed by atoms with Crippen molar-refractivity contribution in [2.24, 2.45) is 0 Å². The Morgan fingerprint density at radius 2 is 1.83 bits per heavy atom. The molecule has 2 aliphatic heterocycles. The maximum Gasteiger partial charge on any atom is 0.243 e. The van der Waals surface area contributed by atoms with Crippen LogP contribution in [0.4, 0.5) is 8.78 Å². The summed E-state index contributed by atoms with van der Waals surface area (Å²) in [5.41, 5.74) is 0.744. The van der Waals surface area contributed by atoms with Crippen molar-refractivity contribution >= 4 is 10.0 Å². The van der Waals surface area contributed by atoms with Gasteiger partial charge in [-0.3, -0.25) is 4.98 Å². The van der Waals surface area contributed by atoms with Crippen LogP contribution < -0.4 is 0 Å². The number of halogens is 2. The summed E-state index contributed by atoms with van der Waals surface area (Å²) in [7, 11) is -3.93. The van der Waals surface area contributed by atoms with E-state index in [2.05, 4.69) is 15.1 Å². The van der Waals surface area contributed by atoms with Crippen LogP contribution in [0.5, 0.6) is 0 Å². The number of hydrogen-bond acceptors (Lipinski definition) is 6. The second kappa shape index (κ2) is 7.21. The topological polar surface area (TPSA) is 89.2 Å². The first-order chi connectivity index (χ1) is 14.4. The van der Waals surface area contributed by atoms with Gasteiger partial charge in [-0.2, -0.15) is 9.29 Å². The standard InChI is InChI=1S/C20H18F2N4O3S/c21-17-6-5-16(10-18(17)22)30(27,28)26-14-3-4-15(26)9-13(8-14)20-24-19(25-29-20)12-2-1-7-23-11-12/h1-2,5-7,10-11,13-15H,3-4,8-9H2. The molecule has 0 spiro atoms. The Morgan fingerprint density at radius 1 is 1.07 bits per heavy atom. The first-order valence-electron chi connectivity index (χ1n) is 9.66. The van der Waals surface area contributed by atoms with Gasteiger partial charge in [-0.15, -0.1) is 0 Å². The molecule has 2 aliphatic rings. The van der Waals surface area contributed by atoms with E-state index in [-0.39, 0.29) is 22.9 Å². The average Bonchev–Trinajstić information content (AvgIpc) is 3.34. The zero-order valence-corrected chi connectivity index (χ0v) is 16.6. The number of sulfonamides is 1. The van der Waals surface area contributed by atoms with E-state index in [1.807, 2.05) is 6.07 Å². The van der Waals surface area contributed by atoms with Crippen molar-refractivity contribution in [1.82, 2.24) is 19.4 Å². The van der Waals surface area contributed by atoms with Crippen molar-refractivity contribution in [2.45, 2.75) is 48.6 Å². The lowest BCUT2D eigenvalue weighted by Gasteiger charge is -2.36. The second-order valence-corrected chi connectivity index (χ2v) is 9.51. The Kier molecular flexibility index (Phi) is 4.62. The summed E-state index contributed by atoms with van der Waals surface area (Å²) in [6, 6.07) is 5.82. The highest BCUT2D eigenvalue weighted by molar-refractivity contribution is 7.89. The number of aromatic nitrogens is 3. The van der Waals surface area contributed by atoms with Crippen LogP contribution in [0.3, 0.4) is 0 Å². The zero-order valence-electron chi connectivity index (χ0n) is 15.8. The fraction of sp³-hybridized carbons (Fsp3) is 0.350. The SMILES string of the molecule is O=S(=O)(c1ccc(F)c(F)c1)N1C2CCC1CC(c1nc(-c3cccnc3)no1)C2. The van der Waals surface area contributed by atoms with Crippen LogP contribution >= 0.6 is 0 Å². The molecule has 5 rings (SSSR count). The molecule has 156 valence electrons. The van der Waals surface area contributed by atoms with Gasteiger partial charge < -0.3 is 4.52 Å². The number of fused-ring (bicyclic) bond motifs is 2. The summed E-state index contributed by atoms with van der Waals surface area (Å²) < 4.78 is 60.0. The molecule has 2 atom stereocenters. The van der Waals surface area contributed by atoms with Gasteiger partial charge in [0.15, 0.2) is 11.6 Å². The van der Waals surface area contributed by atoms with Crippen molar-refractivity contribution < 1.29 is 21.7 Å². The van der Waals surface area contributed by atoms with Gasteiger partial charge in [0, 0.05) is 36.0 Å². The Balaban J connectivity index is 1.39. The molecule has 10 heteroatoms. The number of piperidine rings is 1. The largest absolute Gasteiger partial charge is 0.339 e. The van der Waals surface area contributed by atoms with Gasteiger partial charge in [-0.25, -0.2) is 17.2 Å². The number of nitrogens with zero attached hydrogens (tertiary/aromatic N) is 4. The van der Waals surface area contributed by atoms with E-state index in [1.54, 1.807) is 18.5 Å². The van der Waals surface area contributed by atoms with Crippen LogP contribution in [0.2, 0.25) is 0 Å². The fourth-order valence-corrected chi connectivity index (χ4v) is 6.40. The summed E-state index contributed by atoms with van der Waals surface area (Å²) in [5.74, 6) is -1.38. The predicted octanol–water partition coefficient (Wildman–Crippen LogP) is 3.51. The van der Waals surface area contributed by atoms with E-state index in [1.165, 1.54) is 4.31 Å². The second-order valence-electron chi connectivity index (χ2n) is 7.66. The Bertz CT molecular complexity index is 1170. The van der Waals surface area contributed by atoms with E-state index in [4.69, 9.17) is 4.52 Å². The first kappa shape index (κ1) is 19.3. The molecule has 2 unspecified atom stereocenters. The van der Waals surface area contributed by atoms with Gasteiger partial charge in [-0.05, 0) is 56.0 Å². The molecule has 7 nitrogen and oxygen atoms in total. The minimum Gasteiger partial charge on any atom is -0.339 e. The minimum atomic E-state index is -3.93. The van der Waals surface area contributed by atoms with E-state index < -0.39 is 21.7 Å². The van der Waals surface area contributed by atoms with Crippen molar-refractivity contribution in [3.63, 3.8) is 0 Å². The van der Waals surface area contributed by atoms with Crippen molar-refractivity contribution in [3.8, 4) is 11.4 Å². The molecular formula is C20H18F2N4O3S. The van der Waals surface area contributed by atoms with Crippen molar-refractivity contribution in [1.29, 1.82) is 0 Å². The van der Waals surface area contributed by atoms with Gasteiger partial charge in [0.1, 0.15) is 0 Å². The molecule has 3 aromatic rings. The Morgan fingerprint density at radius 3 is 2.50 bits per heavy atom. The van der Waals surface area contributed by atoms with Crippen LogP contribution in [0, 0.1) is 11.6 Å². The molecule has 0 aliphatic carbocycles. The third-order valence-corrected chi connectivity index (χ3v) is 7.84. The summed E-state index contributed by atoms with van der Waals surface area (Å²) in [5, 5.41) is 4.03. The quantitative estimate of drug-likeness (QED) is 0.627. The number of benzene rings is 1. The van der Waals surface area contributed by atoms with Gasteiger partial charge >= 0.3 is 0 Å². The smallest absolute Gasteiger partial charge is 0.243 e. The van der Waals surface area contributed by atoms with Crippen molar-refractivity contribution in [2.75, 3.05) is 0 Å². The van der Waals surface area contributed by atoms with Crippen LogP contribution in [0.25, 0.3) is 11.4 Å². The highest BCUT2D eigenvalue weighted by atomic mass is 32.2. The van der Waals surface area contributed by atoms with Crippen molar-refractivity contribution in [3.05, 3.63) is 60.3 Å². The van der Waals surface area contributed by atoms with E-state index in [0.717, 1.165) is 23.8 Å². The molecule has 0 amide bonds. The minimum absolute atomic E-state index is 0.0585. The molecule has 4 heterocycles. The predicted molar refractivity (Wildman–Crippen MR) is 102 cm³/mol. The molecule has 0 radical (unpaired) electrons. The lowest BCUT2D eigenvalue weighted by molar-refractivity contribution is 0.201. The van der Waals surface area contributed by atoms with Crippen LogP contribution in [-0.2, 0) is 10.0 Å². The highest BCUT2D eigenvalue weighted by Gasteiger charge is 2.48.